The number of phosphoric acid groups is 1. The highest BCUT2D eigenvalue weighted by atomic mass is 31.2. The molecule has 2 fully saturated rings. The Morgan fingerprint density at radius 2 is 1.82 bits per heavy atom. The van der Waals surface area contributed by atoms with E-state index in [1.165, 1.54) is 13.4 Å². The summed E-state index contributed by atoms with van der Waals surface area (Å²) >= 11 is 0. The van der Waals surface area contributed by atoms with Crippen LogP contribution in [-0.2, 0) is 27.8 Å². The largest absolute Gasteiger partial charge is 0.472 e. The van der Waals surface area contributed by atoms with E-state index in [-0.39, 0.29) is 30.1 Å². The Morgan fingerprint density at radius 3 is 2.54 bits per heavy atom. The van der Waals surface area contributed by atoms with Gasteiger partial charge in [-0.25, -0.2) is 24.3 Å². The van der Waals surface area contributed by atoms with Gasteiger partial charge in [-0.05, 0) is 6.92 Å². The molecule has 2 aliphatic heterocycles. The van der Waals surface area contributed by atoms with Crippen molar-refractivity contribution in [3.05, 3.63) is 39.3 Å². The number of hydrogen-bond acceptors (Lipinski definition) is 14. The summed E-state index contributed by atoms with van der Waals surface area (Å²) in [5.41, 5.74) is 4.74. The number of aromatic nitrogens is 7. The first kappa shape index (κ1) is 27.5. The highest BCUT2D eigenvalue weighted by molar-refractivity contribution is 7.47. The van der Waals surface area contributed by atoms with Crippen LogP contribution in [0.25, 0.3) is 11.2 Å². The Bertz CT molecular complexity index is 1510. The number of aromatic amines is 1. The number of anilines is 1. The summed E-state index contributed by atoms with van der Waals surface area (Å²) < 4.78 is 43.0. The van der Waals surface area contributed by atoms with Gasteiger partial charge in [0.25, 0.3) is 5.56 Å². The lowest BCUT2D eigenvalue weighted by atomic mass is 10.2. The number of phosphoric ester groups is 1. The number of aliphatic hydroxyl groups is 1. The summed E-state index contributed by atoms with van der Waals surface area (Å²) in [5.74, 6) is 0.183. The molecule has 39 heavy (non-hydrogen) atoms. The fourth-order valence-electron chi connectivity index (χ4n) is 4.58. The number of fused-ring (bicyclic) bond motifs is 1. The van der Waals surface area contributed by atoms with Crippen LogP contribution in [-0.4, -0.2) is 88.8 Å². The Balaban J connectivity index is 1.24. The van der Waals surface area contributed by atoms with Gasteiger partial charge < -0.3 is 34.9 Å². The van der Waals surface area contributed by atoms with Gasteiger partial charge in [0.05, 0.1) is 25.6 Å². The lowest BCUT2D eigenvalue weighted by Gasteiger charge is -2.22. The summed E-state index contributed by atoms with van der Waals surface area (Å²) in [5, 5.41) is 9.68. The zero-order valence-corrected chi connectivity index (χ0v) is 21.7. The van der Waals surface area contributed by atoms with E-state index in [2.05, 4.69) is 24.9 Å². The molecule has 18 nitrogen and oxygen atoms in total. The van der Waals surface area contributed by atoms with E-state index in [0.29, 0.717) is 17.9 Å². The van der Waals surface area contributed by atoms with Crippen molar-refractivity contribution in [2.45, 2.75) is 56.6 Å². The predicted octanol–water partition coefficient (Wildman–Crippen LogP) is -1.25. The van der Waals surface area contributed by atoms with Crippen LogP contribution >= 0.6 is 7.82 Å². The number of ether oxygens (including phenoxy) is 3. The van der Waals surface area contributed by atoms with Gasteiger partial charge in [-0.15, -0.1) is 0 Å². The standard InChI is InChI=1S/C20H27N8O10P/c1-9-24-17-16(18(30)25-9)22-7-27(17)14-3-10(34-2)13(37-14)6-35-39(32,33)38-11-4-15(36-12(11)5-29)28-8-23-19(21)26-20(28)31/h7-8,10-15,29H,3-6H2,1-2H3,(H,32,33)(H2,21,26,31)(H,24,25,30)/t10-,11-,12-,13-,14-,15-/m1/s1. The summed E-state index contributed by atoms with van der Waals surface area (Å²) in [7, 11) is -3.23. The van der Waals surface area contributed by atoms with Crippen molar-refractivity contribution in [1.29, 1.82) is 0 Å². The van der Waals surface area contributed by atoms with Crippen molar-refractivity contribution >= 4 is 24.9 Å². The van der Waals surface area contributed by atoms with E-state index in [0.717, 1.165) is 10.9 Å². The van der Waals surface area contributed by atoms with Gasteiger partial charge in [-0.1, -0.05) is 0 Å². The highest BCUT2D eigenvalue weighted by Crippen LogP contribution is 2.49. The molecular weight excluding hydrogens is 543 g/mol. The van der Waals surface area contributed by atoms with Crippen molar-refractivity contribution in [3.63, 3.8) is 0 Å². The van der Waals surface area contributed by atoms with Crippen LogP contribution in [0, 0.1) is 6.92 Å². The summed E-state index contributed by atoms with van der Waals surface area (Å²) in [6.07, 6.45) is -2.25. The zero-order valence-electron chi connectivity index (χ0n) is 20.8. The first-order valence-electron chi connectivity index (χ1n) is 11.8. The minimum atomic E-state index is -4.69. The second-order valence-electron chi connectivity index (χ2n) is 8.97. The summed E-state index contributed by atoms with van der Waals surface area (Å²) in [4.78, 5) is 53.0. The third-order valence-electron chi connectivity index (χ3n) is 6.43. The number of rotatable bonds is 9. The van der Waals surface area contributed by atoms with Crippen LogP contribution in [0.3, 0.4) is 0 Å². The number of aliphatic hydroxyl groups excluding tert-OH is 1. The molecule has 0 bridgehead atoms. The van der Waals surface area contributed by atoms with Gasteiger partial charge in [0.2, 0.25) is 5.95 Å². The van der Waals surface area contributed by atoms with Crippen molar-refractivity contribution in [1.82, 2.24) is 34.1 Å². The number of nitrogens with one attached hydrogen (secondary N) is 1. The number of aryl methyl sites for hydroxylation is 1. The molecule has 5 rings (SSSR count). The van der Waals surface area contributed by atoms with Crippen LogP contribution in [0.2, 0.25) is 0 Å². The summed E-state index contributed by atoms with van der Waals surface area (Å²) in [6.45, 7) is 0.705. The van der Waals surface area contributed by atoms with E-state index in [4.69, 9.17) is 29.0 Å². The number of nitrogens with two attached hydrogens (primary N) is 1. The molecule has 19 heteroatoms. The van der Waals surface area contributed by atoms with E-state index in [1.54, 1.807) is 11.5 Å². The van der Waals surface area contributed by atoms with E-state index in [9.17, 15) is 24.2 Å². The molecule has 0 amide bonds. The quantitative estimate of drug-likeness (QED) is 0.220. The van der Waals surface area contributed by atoms with E-state index < -0.39 is 57.0 Å². The molecule has 1 unspecified atom stereocenters. The number of hydrogen-bond donors (Lipinski definition) is 4. The molecule has 3 aromatic heterocycles. The van der Waals surface area contributed by atoms with Crippen molar-refractivity contribution < 1.29 is 37.8 Å². The minimum absolute atomic E-state index is 0.0751. The van der Waals surface area contributed by atoms with E-state index in [1.807, 2.05) is 0 Å². The average molecular weight is 570 g/mol. The smallest absolute Gasteiger partial charge is 0.394 e. The molecule has 0 radical (unpaired) electrons. The lowest BCUT2D eigenvalue weighted by molar-refractivity contribution is -0.0605. The first-order valence-corrected chi connectivity index (χ1v) is 13.3. The van der Waals surface area contributed by atoms with Gasteiger partial charge in [0.1, 0.15) is 42.9 Å². The van der Waals surface area contributed by atoms with Crippen LogP contribution < -0.4 is 17.0 Å². The van der Waals surface area contributed by atoms with Crippen molar-refractivity contribution in [2.24, 2.45) is 0 Å². The van der Waals surface area contributed by atoms with Gasteiger partial charge >= 0.3 is 13.5 Å². The van der Waals surface area contributed by atoms with Crippen LogP contribution in [0.5, 0.6) is 0 Å². The molecular formula is C20H27N8O10P. The molecule has 0 aromatic carbocycles. The molecule has 212 valence electrons. The Morgan fingerprint density at radius 1 is 1.13 bits per heavy atom. The highest BCUT2D eigenvalue weighted by Gasteiger charge is 2.43. The molecule has 0 spiro atoms. The maximum absolute atomic E-state index is 12.8. The second kappa shape index (κ2) is 10.8. The third-order valence-corrected chi connectivity index (χ3v) is 7.44. The topological polar surface area (TPSA) is 241 Å². The summed E-state index contributed by atoms with van der Waals surface area (Å²) in [6, 6.07) is 0. The van der Waals surface area contributed by atoms with Gasteiger partial charge in [0.15, 0.2) is 11.2 Å². The van der Waals surface area contributed by atoms with Gasteiger partial charge in [-0.3, -0.25) is 23.0 Å². The molecule has 2 saturated heterocycles. The molecule has 0 aliphatic carbocycles. The molecule has 5 N–H and O–H groups in total. The third kappa shape index (κ3) is 5.64. The average Bonchev–Trinajstić information content (AvgIpc) is 3.59. The maximum Gasteiger partial charge on any atom is 0.472 e. The minimum Gasteiger partial charge on any atom is -0.394 e. The maximum atomic E-state index is 12.8. The van der Waals surface area contributed by atoms with Crippen molar-refractivity contribution in [2.75, 3.05) is 26.1 Å². The fraction of sp³-hybridized carbons (Fsp3) is 0.600. The monoisotopic (exact) mass is 570 g/mol. The SMILES string of the molecule is CO[C@@H]1C[C@H](n2cnc3c(=O)[nH]c(C)nc32)O[C@@H]1COP(=O)(O)O[C@@H]1C[C@H](n2cnc(N)nc2=O)O[C@@H]1CO. The van der Waals surface area contributed by atoms with Crippen LogP contribution in [0.1, 0.15) is 31.1 Å². The number of nitrogen functional groups attached to an aromatic ring is 1. The van der Waals surface area contributed by atoms with E-state index >= 15 is 0 Å². The number of imidazole rings is 1. The second-order valence-corrected chi connectivity index (χ2v) is 10.4. The van der Waals surface area contributed by atoms with Crippen molar-refractivity contribution in [3.8, 4) is 0 Å². The van der Waals surface area contributed by atoms with Gasteiger partial charge in [-0.2, -0.15) is 4.98 Å². The Labute approximate surface area is 219 Å². The molecule has 3 aromatic rings. The lowest BCUT2D eigenvalue weighted by Crippen LogP contribution is -2.30. The Kier molecular flexibility index (Phi) is 7.62. The molecule has 7 atom stereocenters. The first-order chi connectivity index (χ1) is 18.6. The molecule has 0 saturated carbocycles. The van der Waals surface area contributed by atoms with Crippen LogP contribution in [0.4, 0.5) is 5.95 Å². The van der Waals surface area contributed by atoms with Gasteiger partial charge in [0, 0.05) is 20.0 Å². The van der Waals surface area contributed by atoms with Crippen LogP contribution in [0.15, 0.2) is 22.2 Å². The number of methoxy groups -OCH3 is 1. The fourth-order valence-corrected chi connectivity index (χ4v) is 5.54. The number of H-pyrrole nitrogens is 1. The number of nitrogens with zero attached hydrogens (tertiary/aromatic N) is 6. The Hall–Kier alpha value is -3.09. The zero-order chi connectivity index (χ0) is 27.9. The predicted molar refractivity (Wildman–Crippen MR) is 129 cm³/mol. The normalized spacial score (nSPS) is 28.7. The molecule has 2 aliphatic rings. The molecule has 5 heterocycles.